The maximum atomic E-state index is 13.1. The maximum absolute atomic E-state index is 13.1. The van der Waals surface area contributed by atoms with Crippen LogP contribution in [0.4, 0.5) is 0 Å². The summed E-state index contributed by atoms with van der Waals surface area (Å²) in [6, 6.07) is 5.94. The molecule has 0 radical (unpaired) electrons. The van der Waals surface area contributed by atoms with E-state index in [1.807, 2.05) is 24.4 Å². The molecule has 0 spiro atoms. The Hall–Kier alpha value is -2.53. The zero-order valence-corrected chi connectivity index (χ0v) is 18.6. The quantitative estimate of drug-likeness (QED) is 0.575. The van der Waals surface area contributed by atoms with Crippen molar-refractivity contribution in [3.05, 3.63) is 69.1 Å². The number of rotatable bonds is 4. The molecule has 5 nitrogen and oxygen atoms in total. The van der Waals surface area contributed by atoms with E-state index in [2.05, 4.69) is 18.7 Å². The van der Waals surface area contributed by atoms with Crippen LogP contribution in [0.2, 0.25) is 0 Å². The van der Waals surface area contributed by atoms with Gasteiger partial charge in [-0.3, -0.25) is 9.69 Å². The van der Waals surface area contributed by atoms with Crippen molar-refractivity contribution < 1.29 is 4.42 Å². The molecule has 0 atom stereocenters. The van der Waals surface area contributed by atoms with Gasteiger partial charge in [0.1, 0.15) is 11.4 Å². The van der Waals surface area contributed by atoms with Crippen molar-refractivity contribution in [3.8, 4) is 0 Å². The van der Waals surface area contributed by atoms with Crippen LogP contribution in [0, 0.1) is 0 Å². The molecule has 0 amide bonds. The maximum Gasteiger partial charge on any atom is 0.197 e. The third-order valence-electron chi connectivity index (χ3n) is 6.93. The average molecular weight is 418 g/mol. The predicted octanol–water partition coefficient (Wildman–Crippen LogP) is 5.31. The lowest BCUT2D eigenvalue weighted by atomic mass is 9.88. The predicted molar refractivity (Wildman–Crippen MR) is 122 cm³/mol. The fourth-order valence-electron chi connectivity index (χ4n) is 4.98. The molecule has 1 aliphatic heterocycles. The van der Waals surface area contributed by atoms with Crippen LogP contribution in [0.15, 0.2) is 39.9 Å². The second kappa shape index (κ2) is 8.54. The van der Waals surface area contributed by atoms with Gasteiger partial charge in [-0.25, -0.2) is 9.97 Å². The molecule has 1 aliphatic carbocycles. The van der Waals surface area contributed by atoms with Gasteiger partial charge in [-0.2, -0.15) is 0 Å². The van der Waals surface area contributed by atoms with E-state index >= 15 is 0 Å². The fraction of sp³-hybridized carbons (Fsp3) is 0.500. The lowest BCUT2D eigenvalue weighted by molar-refractivity contribution is 0.240. The van der Waals surface area contributed by atoms with Gasteiger partial charge in [-0.1, -0.05) is 39.2 Å². The Bertz CT molecular complexity index is 1150. The van der Waals surface area contributed by atoms with Gasteiger partial charge in [0, 0.05) is 55.0 Å². The molecule has 1 aromatic carbocycles. The molecule has 162 valence electrons. The highest BCUT2D eigenvalue weighted by Gasteiger charge is 2.23. The third-order valence-corrected chi connectivity index (χ3v) is 6.93. The van der Waals surface area contributed by atoms with Gasteiger partial charge in [-0.15, -0.1) is 0 Å². The largest absolute Gasteiger partial charge is 0.464 e. The summed E-state index contributed by atoms with van der Waals surface area (Å²) in [5, 5.41) is 0.682. The molecule has 31 heavy (non-hydrogen) atoms. The minimum absolute atomic E-state index is 0.0819. The molecule has 2 aromatic heterocycles. The first-order valence-corrected chi connectivity index (χ1v) is 11.7. The SMILES string of the molecule is CC(C)c1ccc2occ(CN3CCc4nc(C5CCCCC5)ncc4C3)c(=O)c2c1. The van der Waals surface area contributed by atoms with Gasteiger partial charge in [0.05, 0.1) is 11.6 Å². The minimum Gasteiger partial charge on any atom is -0.464 e. The van der Waals surface area contributed by atoms with E-state index in [1.165, 1.54) is 43.4 Å². The van der Waals surface area contributed by atoms with Crippen molar-refractivity contribution in [2.45, 2.75) is 77.3 Å². The number of benzene rings is 1. The van der Waals surface area contributed by atoms with E-state index in [0.717, 1.165) is 36.5 Å². The first-order valence-electron chi connectivity index (χ1n) is 11.7. The molecular weight excluding hydrogens is 386 g/mol. The van der Waals surface area contributed by atoms with Crippen LogP contribution >= 0.6 is 0 Å². The van der Waals surface area contributed by atoms with Crippen molar-refractivity contribution in [1.82, 2.24) is 14.9 Å². The summed E-state index contributed by atoms with van der Waals surface area (Å²) in [7, 11) is 0. The summed E-state index contributed by atoms with van der Waals surface area (Å²) < 4.78 is 5.80. The van der Waals surface area contributed by atoms with Crippen LogP contribution in [0.25, 0.3) is 11.0 Å². The molecule has 2 aliphatic rings. The Kier molecular flexibility index (Phi) is 5.61. The van der Waals surface area contributed by atoms with Gasteiger partial charge >= 0.3 is 0 Å². The van der Waals surface area contributed by atoms with Crippen molar-refractivity contribution >= 4 is 11.0 Å². The molecule has 1 saturated carbocycles. The molecule has 5 rings (SSSR count). The summed E-state index contributed by atoms with van der Waals surface area (Å²) in [5.41, 5.74) is 5.01. The van der Waals surface area contributed by atoms with E-state index in [-0.39, 0.29) is 5.43 Å². The van der Waals surface area contributed by atoms with Crippen LogP contribution in [-0.4, -0.2) is 21.4 Å². The number of aromatic nitrogens is 2. The highest BCUT2D eigenvalue weighted by molar-refractivity contribution is 5.77. The highest BCUT2D eigenvalue weighted by Crippen LogP contribution is 2.31. The third kappa shape index (κ3) is 4.16. The van der Waals surface area contributed by atoms with E-state index in [1.54, 1.807) is 6.26 Å². The number of nitrogens with zero attached hydrogens (tertiary/aromatic N) is 3. The Morgan fingerprint density at radius 2 is 2.03 bits per heavy atom. The summed E-state index contributed by atoms with van der Waals surface area (Å²) in [5.74, 6) is 1.96. The molecule has 0 bridgehead atoms. The van der Waals surface area contributed by atoms with Crippen molar-refractivity contribution in [2.24, 2.45) is 0 Å². The number of fused-ring (bicyclic) bond motifs is 2. The van der Waals surface area contributed by atoms with Crippen molar-refractivity contribution in [3.63, 3.8) is 0 Å². The molecule has 0 N–H and O–H groups in total. The van der Waals surface area contributed by atoms with Gasteiger partial charge < -0.3 is 4.42 Å². The van der Waals surface area contributed by atoms with E-state index in [0.29, 0.717) is 29.3 Å². The fourth-order valence-corrected chi connectivity index (χ4v) is 4.98. The molecule has 3 aromatic rings. The summed E-state index contributed by atoms with van der Waals surface area (Å²) in [4.78, 5) is 25.1. The van der Waals surface area contributed by atoms with Crippen LogP contribution in [0.5, 0.6) is 0 Å². The highest BCUT2D eigenvalue weighted by atomic mass is 16.3. The zero-order valence-electron chi connectivity index (χ0n) is 18.6. The summed E-state index contributed by atoms with van der Waals surface area (Å²) in [6.45, 7) is 6.55. The Balaban J connectivity index is 1.34. The van der Waals surface area contributed by atoms with Crippen LogP contribution in [0.3, 0.4) is 0 Å². The summed E-state index contributed by atoms with van der Waals surface area (Å²) >= 11 is 0. The van der Waals surface area contributed by atoms with E-state index in [4.69, 9.17) is 14.4 Å². The van der Waals surface area contributed by atoms with Crippen LogP contribution in [-0.2, 0) is 19.5 Å². The Morgan fingerprint density at radius 3 is 2.84 bits per heavy atom. The smallest absolute Gasteiger partial charge is 0.197 e. The second-order valence-corrected chi connectivity index (χ2v) is 9.50. The first-order chi connectivity index (χ1) is 15.1. The van der Waals surface area contributed by atoms with Crippen molar-refractivity contribution in [2.75, 3.05) is 6.54 Å². The Morgan fingerprint density at radius 1 is 1.19 bits per heavy atom. The average Bonchev–Trinajstić information content (AvgIpc) is 2.81. The molecule has 3 heterocycles. The van der Waals surface area contributed by atoms with Crippen LogP contribution < -0.4 is 5.43 Å². The molecule has 1 fully saturated rings. The second-order valence-electron chi connectivity index (χ2n) is 9.50. The molecular formula is C26H31N3O2. The first kappa shape index (κ1) is 20.4. The summed E-state index contributed by atoms with van der Waals surface area (Å²) in [6.07, 6.45) is 11.0. The number of hydrogen-bond acceptors (Lipinski definition) is 5. The molecule has 5 heteroatoms. The molecule has 0 saturated heterocycles. The topological polar surface area (TPSA) is 59.2 Å². The number of hydrogen-bond donors (Lipinski definition) is 0. The van der Waals surface area contributed by atoms with Gasteiger partial charge in [0.2, 0.25) is 0 Å². The standard InChI is InChI=1S/C26H31N3O2/c1-17(2)19-8-9-24-22(12-19)25(30)21(16-31-24)15-29-11-10-23-20(14-29)13-27-26(28-23)18-6-4-3-5-7-18/h8-9,12-13,16-18H,3-7,10-11,14-15H2,1-2H3. The lowest BCUT2D eigenvalue weighted by Crippen LogP contribution is -2.32. The van der Waals surface area contributed by atoms with Crippen molar-refractivity contribution in [1.29, 1.82) is 0 Å². The molecule has 0 unspecified atom stereocenters. The normalized spacial score (nSPS) is 17.9. The minimum atomic E-state index is 0.0819. The zero-order chi connectivity index (χ0) is 21.4. The van der Waals surface area contributed by atoms with E-state index in [9.17, 15) is 4.79 Å². The Labute approximate surface area is 183 Å². The van der Waals surface area contributed by atoms with Gasteiger partial charge in [0.25, 0.3) is 0 Å². The van der Waals surface area contributed by atoms with E-state index < -0.39 is 0 Å². The van der Waals surface area contributed by atoms with Crippen LogP contribution in [0.1, 0.15) is 86.0 Å². The lowest BCUT2D eigenvalue weighted by Gasteiger charge is -2.28. The van der Waals surface area contributed by atoms with Gasteiger partial charge in [0.15, 0.2) is 5.43 Å². The monoisotopic (exact) mass is 417 g/mol. The van der Waals surface area contributed by atoms with Gasteiger partial charge in [-0.05, 0) is 36.5 Å².